The monoisotopic (exact) mass is 189 g/mol. The molecule has 0 aliphatic rings. The SMILES string of the molecule is OC(Cc1ccccn1)c1ccco1. The summed E-state index contributed by atoms with van der Waals surface area (Å²) in [6.07, 6.45) is 3.13. The molecule has 14 heavy (non-hydrogen) atoms. The number of pyridine rings is 1. The number of aliphatic hydroxyl groups excluding tert-OH is 1. The molecule has 1 N–H and O–H groups in total. The average molecular weight is 189 g/mol. The summed E-state index contributed by atoms with van der Waals surface area (Å²) >= 11 is 0. The van der Waals surface area contributed by atoms with Crippen molar-refractivity contribution in [2.24, 2.45) is 0 Å². The van der Waals surface area contributed by atoms with Crippen molar-refractivity contribution in [2.75, 3.05) is 0 Å². The highest BCUT2D eigenvalue weighted by Gasteiger charge is 2.11. The Bertz CT molecular complexity index is 369. The lowest BCUT2D eigenvalue weighted by Gasteiger charge is -2.06. The van der Waals surface area contributed by atoms with Gasteiger partial charge in [-0.05, 0) is 24.3 Å². The fourth-order valence-corrected chi connectivity index (χ4v) is 1.30. The minimum absolute atomic E-state index is 0.481. The second kappa shape index (κ2) is 4.07. The number of aliphatic hydroxyl groups is 1. The number of furan rings is 1. The van der Waals surface area contributed by atoms with Gasteiger partial charge < -0.3 is 9.52 Å². The number of nitrogens with zero attached hydrogens (tertiary/aromatic N) is 1. The standard InChI is InChI=1S/C11H11NO2/c13-10(11-5-3-7-14-11)8-9-4-1-2-6-12-9/h1-7,10,13H,8H2. The van der Waals surface area contributed by atoms with Gasteiger partial charge in [0.1, 0.15) is 11.9 Å². The predicted molar refractivity (Wildman–Crippen MR) is 51.6 cm³/mol. The zero-order valence-corrected chi connectivity index (χ0v) is 7.63. The van der Waals surface area contributed by atoms with Gasteiger partial charge in [0.2, 0.25) is 0 Å². The second-order valence-electron chi connectivity index (χ2n) is 3.06. The molecule has 0 fully saturated rings. The van der Waals surface area contributed by atoms with Crippen LogP contribution in [0.1, 0.15) is 17.6 Å². The van der Waals surface area contributed by atoms with E-state index in [9.17, 15) is 5.11 Å². The van der Waals surface area contributed by atoms with Crippen LogP contribution in [0.4, 0.5) is 0 Å². The summed E-state index contributed by atoms with van der Waals surface area (Å²) in [5, 5.41) is 9.73. The molecule has 2 aromatic heterocycles. The summed E-state index contributed by atoms with van der Waals surface area (Å²) < 4.78 is 5.09. The van der Waals surface area contributed by atoms with E-state index in [4.69, 9.17) is 4.42 Å². The first-order valence-corrected chi connectivity index (χ1v) is 4.47. The molecule has 0 spiro atoms. The number of aromatic nitrogens is 1. The van der Waals surface area contributed by atoms with Crippen molar-refractivity contribution in [3.05, 3.63) is 54.2 Å². The fourth-order valence-electron chi connectivity index (χ4n) is 1.30. The van der Waals surface area contributed by atoms with Gasteiger partial charge in [-0.2, -0.15) is 0 Å². The lowest BCUT2D eigenvalue weighted by Crippen LogP contribution is -2.01. The van der Waals surface area contributed by atoms with Crippen molar-refractivity contribution in [1.29, 1.82) is 0 Å². The number of rotatable bonds is 3. The molecule has 3 nitrogen and oxygen atoms in total. The summed E-state index contributed by atoms with van der Waals surface area (Å²) in [5.74, 6) is 0.579. The third-order valence-corrected chi connectivity index (χ3v) is 2.00. The van der Waals surface area contributed by atoms with E-state index in [2.05, 4.69) is 4.98 Å². The van der Waals surface area contributed by atoms with Gasteiger partial charge in [-0.15, -0.1) is 0 Å². The van der Waals surface area contributed by atoms with Crippen LogP contribution in [0.5, 0.6) is 0 Å². The van der Waals surface area contributed by atoms with Gasteiger partial charge in [0, 0.05) is 18.3 Å². The lowest BCUT2D eigenvalue weighted by atomic mass is 10.1. The molecule has 72 valence electrons. The van der Waals surface area contributed by atoms with Gasteiger partial charge in [0.05, 0.1) is 6.26 Å². The maximum absolute atomic E-state index is 9.73. The van der Waals surface area contributed by atoms with Gasteiger partial charge in [0.15, 0.2) is 0 Å². The smallest absolute Gasteiger partial charge is 0.132 e. The third kappa shape index (κ3) is 2.00. The van der Waals surface area contributed by atoms with E-state index in [1.807, 2.05) is 18.2 Å². The topological polar surface area (TPSA) is 46.3 Å². The highest BCUT2D eigenvalue weighted by molar-refractivity contribution is 5.09. The van der Waals surface area contributed by atoms with E-state index < -0.39 is 6.10 Å². The van der Waals surface area contributed by atoms with Gasteiger partial charge >= 0.3 is 0 Å². The van der Waals surface area contributed by atoms with Gasteiger partial charge in [-0.25, -0.2) is 0 Å². The molecule has 3 heteroatoms. The van der Waals surface area contributed by atoms with Crippen LogP contribution in [0, 0.1) is 0 Å². The molecule has 1 atom stereocenters. The Morgan fingerprint density at radius 2 is 2.21 bits per heavy atom. The molecule has 0 saturated carbocycles. The number of hydrogen-bond acceptors (Lipinski definition) is 3. The first-order chi connectivity index (χ1) is 6.86. The molecule has 2 rings (SSSR count). The van der Waals surface area contributed by atoms with Gasteiger partial charge in [-0.1, -0.05) is 6.07 Å². The third-order valence-electron chi connectivity index (χ3n) is 2.00. The zero-order chi connectivity index (χ0) is 9.80. The highest BCUT2D eigenvalue weighted by atomic mass is 16.4. The van der Waals surface area contributed by atoms with Crippen LogP contribution in [0.3, 0.4) is 0 Å². The molecule has 0 aliphatic carbocycles. The Morgan fingerprint density at radius 1 is 1.29 bits per heavy atom. The molecule has 2 heterocycles. The first-order valence-electron chi connectivity index (χ1n) is 4.47. The van der Waals surface area contributed by atoms with E-state index in [1.165, 1.54) is 0 Å². The minimum atomic E-state index is -0.611. The van der Waals surface area contributed by atoms with Crippen molar-refractivity contribution < 1.29 is 9.52 Å². The van der Waals surface area contributed by atoms with Crippen molar-refractivity contribution in [2.45, 2.75) is 12.5 Å². The van der Waals surface area contributed by atoms with Crippen LogP contribution in [0.2, 0.25) is 0 Å². The predicted octanol–water partition coefficient (Wildman–Crippen LogP) is 1.95. The van der Waals surface area contributed by atoms with Crippen molar-refractivity contribution in [3.63, 3.8) is 0 Å². The summed E-state index contributed by atoms with van der Waals surface area (Å²) in [6, 6.07) is 9.15. The Kier molecular flexibility index (Phi) is 2.60. The van der Waals surface area contributed by atoms with Crippen LogP contribution in [0.15, 0.2) is 47.2 Å². The molecular formula is C11H11NO2. The van der Waals surface area contributed by atoms with Crippen LogP contribution in [0.25, 0.3) is 0 Å². The molecule has 1 unspecified atom stereocenters. The molecule has 0 amide bonds. The van der Waals surface area contributed by atoms with Crippen LogP contribution in [-0.2, 0) is 6.42 Å². The molecule has 0 radical (unpaired) electrons. The molecular weight excluding hydrogens is 178 g/mol. The van der Waals surface area contributed by atoms with E-state index in [0.717, 1.165) is 5.69 Å². The quantitative estimate of drug-likeness (QED) is 0.802. The summed E-state index contributed by atoms with van der Waals surface area (Å²) in [7, 11) is 0. The Morgan fingerprint density at radius 3 is 2.86 bits per heavy atom. The average Bonchev–Trinajstić information content (AvgIpc) is 2.72. The van der Waals surface area contributed by atoms with Crippen LogP contribution in [-0.4, -0.2) is 10.1 Å². The molecule has 0 saturated heterocycles. The largest absolute Gasteiger partial charge is 0.467 e. The van der Waals surface area contributed by atoms with Crippen molar-refractivity contribution >= 4 is 0 Å². The summed E-state index contributed by atoms with van der Waals surface area (Å²) in [4.78, 5) is 4.13. The van der Waals surface area contributed by atoms with E-state index in [0.29, 0.717) is 12.2 Å². The van der Waals surface area contributed by atoms with E-state index in [1.54, 1.807) is 24.6 Å². The first kappa shape index (κ1) is 8.97. The van der Waals surface area contributed by atoms with Gasteiger partial charge in [0.25, 0.3) is 0 Å². The molecule has 2 aromatic rings. The molecule has 0 aliphatic heterocycles. The molecule has 0 bridgehead atoms. The normalized spacial score (nSPS) is 12.6. The van der Waals surface area contributed by atoms with Crippen LogP contribution >= 0.6 is 0 Å². The Balaban J connectivity index is 2.06. The van der Waals surface area contributed by atoms with Crippen molar-refractivity contribution in [3.8, 4) is 0 Å². The summed E-state index contributed by atoms with van der Waals surface area (Å²) in [6.45, 7) is 0. The second-order valence-corrected chi connectivity index (χ2v) is 3.06. The fraction of sp³-hybridized carbons (Fsp3) is 0.182. The Labute approximate surface area is 82.0 Å². The van der Waals surface area contributed by atoms with Crippen molar-refractivity contribution in [1.82, 2.24) is 4.98 Å². The van der Waals surface area contributed by atoms with Crippen LogP contribution < -0.4 is 0 Å². The lowest BCUT2D eigenvalue weighted by molar-refractivity contribution is 0.149. The van der Waals surface area contributed by atoms with E-state index >= 15 is 0 Å². The Hall–Kier alpha value is -1.61. The van der Waals surface area contributed by atoms with Gasteiger partial charge in [-0.3, -0.25) is 4.98 Å². The zero-order valence-electron chi connectivity index (χ0n) is 7.63. The maximum Gasteiger partial charge on any atom is 0.132 e. The summed E-state index contributed by atoms with van der Waals surface area (Å²) in [5.41, 5.74) is 0.858. The van der Waals surface area contributed by atoms with E-state index in [-0.39, 0.29) is 0 Å². The molecule has 0 aromatic carbocycles. The minimum Gasteiger partial charge on any atom is -0.467 e. The highest BCUT2D eigenvalue weighted by Crippen LogP contribution is 2.16. The number of hydrogen-bond donors (Lipinski definition) is 1. The maximum atomic E-state index is 9.73.